The Morgan fingerprint density at radius 1 is 1.05 bits per heavy atom. The highest BCUT2D eigenvalue weighted by molar-refractivity contribution is 6.30. The summed E-state index contributed by atoms with van der Waals surface area (Å²) < 4.78 is 5.40. The van der Waals surface area contributed by atoms with E-state index in [0.29, 0.717) is 0 Å². The molecule has 0 aliphatic carbocycles. The second-order valence-electron chi connectivity index (χ2n) is 5.13. The molecule has 0 saturated carbocycles. The molecule has 21 heavy (non-hydrogen) atoms. The summed E-state index contributed by atoms with van der Waals surface area (Å²) >= 11 is 5.90. The van der Waals surface area contributed by atoms with E-state index < -0.39 is 0 Å². The smallest absolute Gasteiger partial charge is 0.0642 e. The number of nitrogens with zero attached hydrogens (tertiary/aromatic N) is 1. The minimum atomic E-state index is 0.771. The topological polar surface area (TPSA) is 24.5 Å². The van der Waals surface area contributed by atoms with Crippen LogP contribution in [-0.4, -0.2) is 26.3 Å². The van der Waals surface area contributed by atoms with Gasteiger partial charge in [0, 0.05) is 36.0 Å². The van der Waals surface area contributed by atoms with Gasteiger partial charge in [-0.1, -0.05) is 29.8 Å². The summed E-state index contributed by atoms with van der Waals surface area (Å²) in [5.74, 6) is 0. The third kappa shape index (κ3) is 3.90. The van der Waals surface area contributed by atoms with E-state index in [1.165, 1.54) is 11.3 Å². The number of halogens is 1. The molecule has 3 rings (SSSR count). The normalized spacial score (nSPS) is 15.0. The molecule has 0 spiro atoms. The molecule has 1 saturated heterocycles. The van der Waals surface area contributed by atoms with Crippen LogP contribution in [0.4, 0.5) is 11.4 Å². The Hall–Kier alpha value is -1.71. The van der Waals surface area contributed by atoms with Crippen LogP contribution in [-0.2, 0) is 11.3 Å². The molecular formula is C17H19ClN2O. The van der Waals surface area contributed by atoms with Crippen LogP contribution in [0.2, 0.25) is 5.02 Å². The molecule has 0 unspecified atom stereocenters. The number of nitrogens with one attached hydrogen (secondary N) is 1. The SMILES string of the molecule is Clc1ccc(CNc2cccc(N3CCOCC3)c2)cc1. The van der Waals surface area contributed by atoms with Gasteiger partial charge in [0.05, 0.1) is 13.2 Å². The Kier molecular flexibility index (Phi) is 4.63. The predicted molar refractivity (Wildman–Crippen MR) is 88.3 cm³/mol. The fourth-order valence-corrected chi connectivity index (χ4v) is 2.57. The van der Waals surface area contributed by atoms with Crippen LogP contribution >= 0.6 is 11.6 Å². The van der Waals surface area contributed by atoms with Gasteiger partial charge in [-0.2, -0.15) is 0 Å². The van der Waals surface area contributed by atoms with Crippen LogP contribution in [0, 0.1) is 0 Å². The molecular weight excluding hydrogens is 284 g/mol. The molecule has 0 bridgehead atoms. The number of rotatable bonds is 4. The summed E-state index contributed by atoms with van der Waals surface area (Å²) in [5.41, 5.74) is 3.60. The van der Waals surface area contributed by atoms with E-state index in [-0.39, 0.29) is 0 Å². The Balaban J connectivity index is 1.64. The van der Waals surface area contributed by atoms with Crippen molar-refractivity contribution in [2.45, 2.75) is 6.54 Å². The van der Waals surface area contributed by atoms with Crippen molar-refractivity contribution in [3.05, 3.63) is 59.1 Å². The summed E-state index contributed by atoms with van der Waals surface area (Å²) in [4.78, 5) is 2.36. The van der Waals surface area contributed by atoms with Crippen LogP contribution in [0.15, 0.2) is 48.5 Å². The van der Waals surface area contributed by atoms with Gasteiger partial charge in [0.1, 0.15) is 0 Å². The maximum Gasteiger partial charge on any atom is 0.0642 e. The number of ether oxygens (including phenoxy) is 1. The average molecular weight is 303 g/mol. The summed E-state index contributed by atoms with van der Waals surface area (Å²) in [5, 5.41) is 4.23. The van der Waals surface area contributed by atoms with E-state index in [9.17, 15) is 0 Å². The lowest BCUT2D eigenvalue weighted by Crippen LogP contribution is -2.36. The predicted octanol–water partition coefficient (Wildman–Crippen LogP) is 3.79. The Labute approximate surface area is 130 Å². The third-order valence-corrected chi connectivity index (χ3v) is 3.88. The molecule has 4 heteroatoms. The van der Waals surface area contributed by atoms with Crippen LogP contribution in [0.25, 0.3) is 0 Å². The average Bonchev–Trinajstić information content (AvgIpc) is 2.55. The zero-order valence-corrected chi connectivity index (χ0v) is 12.6. The van der Waals surface area contributed by atoms with Gasteiger partial charge in [-0.3, -0.25) is 0 Å². The summed E-state index contributed by atoms with van der Waals surface area (Å²) in [6.07, 6.45) is 0. The summed E-state index contributed by atoms with van der Waals surface area (Å²) in [6.45, 7) is 4.33. The quantitative estimate of drug-likeness (QED) is 0.930. The zero-order valence-electron chi connectivity index (χ0n) is 11.9. The molecule has 0 amide bonds. The minimum Gasteiger partial charge on any atom is -0.381 e. The molecule has 0 radical (unpaired) electrons. The Morgan fingerprint density at radius 2 is 1.81 bits per heavy atom. The van der Waals surface area contributed by atoms with Crippen molar-refractivity contribution in [1.29, 1.82) is 0 Å². The molecule has 1 N–H and O–H groups in total. The van der Waals surface area contributed by atoms with Crippen molar-refractivity contribution >= 4 is 23.0 Å². The highest BCUT2D eigenvalue weighted by Gasteiger charge is 2.11. The fraction of sp³-hybridized carbons (Fsp3) is 0.294. The second-order valence-corrected chi connectivity index (χ2v) is 5.57. The molecule has 3 nitrogen and oxygen atoms in total. The molecule has 1 aliphatic heterocycles. The molecule has 2 aromatic rings. The molecule has 1 heterocycles. The van der Waals surface area contributed by atoms with Crippen LogP contribution in [0.5, 0.6) is 0 Å². The van der Waals surface area contributed by atoms with Crippen molar-refractivity contribution < 1.29 is 4.74 Å². The molecule has 0 aromatic heterocycles. The van der Waals surface area contributed by atoms with Gasteiger partial charge >= 0.3 is 0 Å². The van der Waals surface area contributed by atoms with Crippen molar-refractivity contribution in [2.24, 2.45) is 0 Å². The fourth-order valence-electron chi connectivity index (χ4n) is 2.44. The lowest BCUT2D eigenvalue weighted by Gasteiger charge is -2.29. The van der Waals surface area contributed by atoms with Gasteiger partial charge in [-0.15, -0.1) is 0 Å². The molecule has 1 fully saturated rings. The number of anilines is 2. The van der Waals surface area contributed by atoms with Gasteiger partial charge in [0.15, 0.2) is 0 Å². The van der Waals surface area contributed by atoms with Crippen molar-refractivity contribution in [3.8, 4) is 0 Å². The summed E-state index contributed by atoms with van der Waals surface area (Å²) in [7, 11) is 0. The molecule has 2 aromatic carbocycles. The number of hydrogen-bond acceptors (Lipinski definition) is 3. The lowest BCUT2D eigenvalue weighted by atomic mass is 10.2. The Bertz CT molecular complexity index is 580. The van der Waals surface area contributed by atoms with Crippen LogP contribution in [0.1, 0.15) is 5.56 Å². The molecule has 110 valence electrons. The van der Waals surface area contributed by atoms with Crippen molar-refractivity contribution in [1.82, 2.24) is 0 Å². The van der Waals surface area contributed by atoms with E-state index in [1.54, 1.807) is 0 Å². The Morgan fingerprint density at radius 3 is 2.57 bits per heavy atom. The van der Waals surface area contributed by atoms with Crippen molar-refractivity contribution in [2.75, 3.05) is 36.5 Å². The first-order valence-corrected chi connectivity index (χ1v) is 7.60. The molecule has 1 aliphatic rings. The first kappa shape index (κ1) is 14.2. The van der Waals surface area contributed by atoms with Gasteiger partial charge in [-0.25, -0.2) is 0 Å². The zero-order chi connectivity index (χ0) is 14.5. The second kappa shape index (κ2) is 6.83. The molecule has 0 atom stereocenters. The van der Waals surface area contributed by atoms with Gasteiger partial charge < -0.3 is 15.0 Å². The van der Waals surface area contributed by atoms with E-state index in [1.807, 2.05) is 24.3 Å². The maximum absolute atomic E-state index is 5.90. The monoisotopic (exact) mass is 302 g/mol. The summed E-state index contributed by atoms with van der Waals surface area (Å²) in [6, 6.07) is 16.5. The first-order valence-electron chi connectivity index (χ1n) is 7.22. The highest BCUT2D eigenvalue weighted by atomic mass is 35.5. The minimum absolute atomic E-state index is 0.771. The first-order chi connectivity index (χ1) is 10.3. The van der Waals surface area contributed by atoms with Crippen molar-refractivity contribution in [3.63, 3.8) is 0 Å². The maximum atomic E-state index is 5.90. The lowest BCUT2D eigenvalue weighted by molar-refractivity contribution is 0.122. The van der Waals surface area contributed by atoms with Crippen LogP contribution < -0.4 is 10.2 Å². The number of morpholine rings is 1. The van der Waals surface area contributed by atoms with E-state index in [4.69, 9.17) is 16.3 Å². The van der Waals surface area contributed by atoms with Gasteiger partial charge in [0.25, 0.3) is 0 Å². The van der Waals surface area contributed by atoms with E-state index in [2.05, 4.69) is 34.5 Å². The van der Waals surface area contributed by atoms with Crippen LogP contribution in [0.3, 0.4) is 0 Å². The number of hydrogen-bond donors (Lipinski definition) is 1. The van der Waals surface area contributed by atoms with E-state index in [0.717, 1.165) is 43.6 Å². The van der Waals surface area contributed by atoms with E-state index >= 15 is 0 Å². The standard InChI is InChI=1S/C17H19ClN2O/c18-15-6-4-14(5-7-15)13-19-16-2-1-3-17(12-16)20-8-10-21-11-9-20/h1-7,12,19H,8-11,13H2. The van der Waals surface area contributed by atoms with Gasteiger partial charge in [0.2, 0.25) is 0 Å². The number of benzene rings is 2. The third-order valence-electron chi connectivity index (χ3n) is 3.63. The van der Waals surface area contributed by atoms with Gasteiger partial charge in [-0.05, 0) is 35.9 Å². The highest BCUT2D eigenvalue weighted by Crippen LogP contribution is 2.21. The largest absolute Gasteiger partial charge is 0.381 e.